The van der Waals surface area contributed by atoms with Gasteiger partial charge in [0, 0.05) is 17.3 Å². The highest BCUT2D eigenvalue weighted by molar-refractivity contribution is 6.30. The van der Waals surface area contributed by atoms with Crippen LogP contribution in [0.4, 0.5) is 5.69 Å². The molecule has 1 aliphatic rings. The molecule has 15 heavy (non-hydrogen) atoms. The van der Waals surface area contributed by atoms with Gasteiger partial charge < -0.3 is 10.6 Å². The lowest BCUT2D eigenvalue weighted by atomic mass is 10.00. The molecular weight excluding hydrogens is 208 g/mol. The zero-order valence-electron chi connectivity index (χ0n) is 8.80. The van der Waals surface area contributed by atoms with Crippen LogP contribution in [0.15, 0.2) is 24.3 Å². The Morgan fingerprint density at radius 2 is 2.13 bits per heavy atom. The van der Waals surface area contributed by atoms with Crippen molar-refractivity contribution < 1.29 is 0 Å². The van der Waals surface area contributed by atoms with Crippen molar-refractivity contribution in [2.75, 3.05) is 25.0 Å². The van der Waals surface area contributed by atoms with Crippen molar-refractivity contribution in [3.63, 3.8) is 0 Å². The molecule has 2 N–H and O–H groups in total. The second kappa shape index (κ2) is 5.38. The molecule has 1 heterocycles. The van der Waals surface area contributed by atoms with E-state index in [1.165, 1.54) is 19.4 Å². The summed E-state index contributed by atoms with van der Waals surface area (Å²) < 4.78 is 0. The minimum absolute atomic E-state index is 0.759. The van der Waals surface area contributed by atoms with Crippen LogP contribution in [0.5, 0.6) is 0 Å². The Morgan fingerprint density at radius 3 is 2.80 bits per heavy atom. The van der Waals surface area contributed by atoms with Gasteiger partial charge >= 0.3 is 0 Å². The summed E-state index contributed by atoms with van der Waals surface area (Å²) in [5, 5.41) is 7.65. The minimum Gasteiger partial charge on any atom is -0.385 e. The minimum atomic E-state index is 0.759. The SMILES string of the molecule is Clc1ccc(NCC2CCCNC2)cc1. The van der Waals surface area contributed by atoms with Crippen LogP contribution in [0, 0.1) is 5.92 Å². The number of hydrogen-bond acceptors (Lipinski definition) is 2. The average molecular weight is 225 g/mol. The molecule has 1 saturated heterocycles. The van der Waals surface area contributed by atoms with Crippen LogP contribution in [0.3, 0.4) is 0 Å². The van der Waals surface area contributed by atoms with Crippen LogP contribution in [-0.2, 0) is 0 Å². The smallest absolute Gasteiger partial charge is 0.0407 e. The summed E-state index contributed by atoms with van der Waals surface area (Å²) in [5.74, 6) is 0.759. The zero-order chi connectivity index (χ0) is 10.5. The summed E-state index contributed by atoms with van der Waals surface area (Å²) in [7, 11) is 0. The van der Waals surface area contributed by atoms with E-state index in [-0.39, 0.29) is 0 Å². The number of halogens is 1. The summed E-state index contributed by atoms with van der Waals surface area (Å²) >= 11 is 5.82. The highest BCUT2D eigenvalue weighted by atomic mass is 35.5. The topological polar surface area (TPSA) is 24.1 Å². The number of anilines is 1. The molecule has 1 fully saturated rings. The Bertz CT molecular complexity index is 291. The van der Waals surface area contributed by atoms with Gasteiger partial charge in [-0.25, -0.2) is 0 Å². The molecule has 0 aromatic heterocycles. The molecule has 0 bridgehead atoms. The molecule has 0 amide bonds. The molecule has 1 aromatic carbocycles. The summed E-state index contributed by atoms with van der Waals surface area (Å²) in [4.78, 5) is 0. The Kier molecular flexibility index (Phi) is 3.87. The van der Waals surface area contributed by atoms with Crippen LogP contribution >= 0.6 is 11.6 Å². The predicted octanol–water partition coefficient (Wildman–Crippen LogP) is 2.75. The fourth-order valence-electron chi connectivity index (χ4n) is 1.93. The lowest BCUT2D eigenvalue weighted by Gasteiger charge is -2.23. The van der Waals surface area contributed by atoms with Crippen molar-refractivity contribution in [2.24, 2.45) is 5.92 Å². The van der Waals surface area contributed by atoms with E-state index in [1.54, 1.807) is 0 Å². The Labute approximate surface area is 96.0 Å². The maximum atomic E-state index is 5.82. The van der Waals surface area contributed by atoms with Gasteiger partial charge in [0.1, 0.15) is 0 Å². The largest absolute Gasteiger partial charge is 0.385 e. The van der Waals surface area contributed by atoms with Gasteiger partial charge in [-0.1, -0.05) is 11.6 Å². The normalized spacial score (nSPS) is 21.3. The first-order valence-electron chi connectivity index (χ1n) is 5.55. The summed E-state index contributed by atoms with van der Waals surface area (Å²) in [6.45, 7) is 3.37. The fraction of sp³-hybridized carbons (Fsp3) is 0.500. The molecule has 1 atom stereocenters. The van der Waals surface area contributed by atoms with Gasteiger partial charge in [-0.15, -0.1) is 0 Å². The Hall–Kier alpha value is -0.730. The highest BCUT2D eigenvalue weighted by Crippen LogP contribution is 2.15. The van der Waals surface area contributed by atoms with Crippen molar-refractivity contribution in [1.29, 1.82) is 0 Å². The van der Waals surface area contributed by atoms with Crippen LogP contribution < -0.4 is 10.6 Å². The van der Waals surface area contributed by atoms with Crippen molar-refractivity contribution in [3.8, 4) is 0 Å². The second-order valence-electron chi connectivity index (χ2n) is 4.10. The van der Waals surface area contributed by atoms with Gasteiger partial charge in [-0.2, -0.15) is 0 Å². The molecule has 82 valence electrons. The Morgan fingerprint density at radius 1 is 1.33 bits per heavy atom. The molecule has 0 radical (unpaired) electrons. The van der Waals surface area contributed by atoms with E-state index in [1.807, 2.05) is 24.3 Å². The van der Waals surface area contributed by atoms with E-state index < -0.39 is 0 Å². The van der Waals surface area contributed by atoms with Gasteiger partial charge in [-0.05, 0) is 56.1 Å². The van der Waals surface area contributed by atoms with Crippen molar-refractivity contribution in [3.05, 3.63) is 29.3 Å². The first-order valence-corrected chi connectivity index (χ1v) is 5.92. The van der Waals surface area contributed by atoms with E-state index in [4.69, 9.17) is 11.6 Å². The molecule has 1 aliphatic heterocycles. The van der Waals surface area contributed by atoms with Crippen molar-refractivity contribution in [1.82, 2.24) is 5.32 Å². The number of rotatable bonds is 3. The third kappa shape index (κ3) is 3.40. The quantitative estimate of drug-likeness (QED) is 0.825. The standard InChI is InChI=1S/C12H17ClN2/c13-11-3-5-12(6-4-11)15-9-10-2-1-7-14-8-10/h3-6,10,14-15H,1-2,7-9H2. The number of benzene rings is 1. The van der Waals surface area contributed by atoms with Gasteiger partial charge in [-0.3, -0.25) is 0 Å². The number of piperidine rings is 1. The maximum absolute atomic E-state index is 5.82. The van der Waals surface area contributed by atoms with E-state index in [0.717, 1.165) is 29.7 Å². The van der Waals surface area contributed by atoms with Gasteiger partial charge in [0.15, 0.2) is 0 Å². The molecule has 0 saturated carbocycles. The molecule has 2 rings (SSSR count). The lowest BCUT2D eigenvalue weighted by Crippen LogP contribution is -2.33. The van der Waals surface area contributed by atoms with E-state index >= 15 is 0 Å². The molecule has 2 nitrogen and oxygen atoms in total. The number of hydrogen-bond donors (Lipinski definition) is 2. The second-order valence-corrected chi connectivity index (χ2v) is 4.54. The van der Waals surface area contributed by atoms with Crippen LogP contribution in [0.1, 0.15) is 12.8 Å². The zero-order valence-corrected chi connectivity index (χ0v) is 9.56. The van der Waals surface area contributed by atoms with E-state index in [0.29, 0.717) is 0 Å². The van der Waals surface area contributed by atoms with Crippen molar-refractivity contribution >= 4 is 17.3 Å². The molecule has 0 spiro atoms. The Balaban J connectivity index is 1.79. The van der Waals surface area contributed by atoms with E-state index in [2.05, 4.69) is 10.6 Å². The van der Waals surface area contributed by atoms with E-state index in [9.17, 15) is 0 Å². The molecular formula is C12H17ClN2. The summed E-state index contributed by atoms with van der Waals surface area (Å²) in [6, 6.07) is 7.89. The van der Waals surface area contributed by atoms with Gasteiger partial charge in [0.25, 0.3) is 0 Å². The first kappa shape index (κ1) is 10.8. The van der Waals surface area contributed by atoms with Crippen LogP contribution in [0.25, 0.3) is 0 Å². The lowest BCUT2D eigenvalue weighted by molar-refractivity contribution is 0.393. The fourth-order valence-corrected chi connectivity index (χ4v) is 2.05. The highest BCUT2D eigenvalue weighted by Gasteiger charge is 2.11. The monoisotopic (exact) mass is 224 g/mol. The third-order valence-electron chi connectivity index (χ3n) is 2.84. The number of nitrogens with one attached hydrogen (secondary N) is 2. The third-order valence-corrected chi connectivity index (χ3v) is 3.09. The average Bonchev–Trinajstić information content (AvgIpc) is 2.30. The molecule has 1 unspecified atom stereocenters. The molecule has 3 heteroatoms. The predicted molar refractivity (Wildman–Crippen MR) is 65.5 cm³/mol. The summed E-state index contributed by atoms with van der Waals surface area (Å²) in [6.07, 6.45) is 2.63. The van der Waals surface area contributed by atoms with Crippen molar-refractivity contribution in [2.45, 2.75) is 12.8 Å². The first-order chi connectivity index (χ1) is 7.34. The van der Waals surface area contributed by atoms with Gasteiger partial charge in [0.05, 0.1) is 0 Å². The summed E-state index contributed by atoms with van der Waals surface area (Å²) in [5.41, 5.74) is 1.16. The molecule has 0 aliphatic carbocycles. The van der Waals surface area contributed by atoms with Gasteiger partial charge in [0.2, 0.25) is 0 Å². The van der Waals surface area contributed by atoms with Crippen LogP contribution in [-0.4, -0.2) is 19.6 Å². The molecule has 1 aromatic rings. The maximum Gasteiger partial charge on any atom is 0.0407 e. The van der Waals surface area contributed by atoms with Crippen LogP contribution in [0.2, 0.25) is 5.02 Å².